The number of carboxylic acids is 1. The van der Waals surface area contributed by atoms with Gasteiger partial charge in [-0.25, -0.2) is 0 Å². The molecular weight excluding hydrogens is 168 g/mol. The third-order valence-electron chi connectivity index (χ3n) is 1.74. The number of carboxylic acid groups (broad SMARTS) is 1. The van der Waals surface area contributed by atoms with Crippen molar-refractivity contribution < 1.29 is 9.90 Å². The molecule has 0 aromatic carbocycles. The Labute approximate surface area is 76.4 Å². The molecule has 1 heterocycles. The zero-order chi connectivity index (χ0) is 9.84. The largest absolute Gasteiger partial charge is 0.481 e. The first-order valence-corrected chi connectivity index (χ1v) is 3.99. The van der Waals surface area contributed by atoms with Gasteiger partial charge in [0.05, 0.1) is 6.42 Å². The molecule has 1 unspecified atom stereocenters. The van der Waals surface area contributed by atoms with E-state index >= 15 is 0 Å². The summed E-state index contributed by atoms with van der Waals surface area (Å²) < 4.78 is 0. The van der Waals surface area contributed by atoms with Crippen LogP contribution in [0.3, 0.4) is 0 Å². The van der Waals surface area contributed by atoms with Crippen LogP contribution in [0.5, 0.6) is 0 Å². The molecule has 0 aliphatic carbocycles. The second kappa shape index (κ2) is 4.00. The molecule has 13 heavy (non-hydrogen) atoms. The molecule has 1 aromatic rings. The SMILES string of the molecule is Cc1cc(C(N)CC(=O)O)ccn1. The lowest BCUT2D eigenvalue weighted by Crippen LogP contribution is -2.15. The van der Waals surface area contributed by atoms with Gasteiger partial charge in [-0.1, -0.05) is 0 Å². The molecular formula is C9H12N2O2. The molecule has 70 valence electrons. The van der Waals surface area contributed by atoms with Crippen LogP contribution in [-0.4, -0.2) is 16.1 Å². The number of aliphatic carboxylic acids is 1. The molecule has 1 aromatic heterocycles. The summed E-state index contributed by atoms with van der Waals surface area (Å²) >= 11 is 0. The van der Waals surface area contributed by atoms with Gasteiger partial charge in [-0.3, -0.25) is 9.78 Å². The fourth-order valence-electron chi connectivity index (χ4n) is 1.10. The number of hydrogen-bond acceptors (Lipinski definition) is 3. The maximum atomic E-state index is 10.4. The zero-order valence-electron chi connectivity index (χ0n) is 7.40. The van der Waals surface area contributed by atoms with E-state index in [4.69, 9.17) is 10.8 Å². The predicted octanol–water partition coefficient (Wildman–Crippen LogP) is 0.865. The number of aromatic nitrogens is 1. The molecule has 1 atom stereocenters. The molecule has 0 saturated heterocycles. The van der Waals surface area contributed by atoms with Gasteiger partial charge in [0.25, 0.3) is 0 Å². The Balaban J connectivity index is 2.76. The maximum Gasteiger partial charge on any atom is 0.305 e. The van der Waals surface area contributed by atoms with Crippen LogP contribution >= 0.6 is 0 Å². The van der Waals surface area contributed by atoms with Crippen LogP contribution in [0.25, 0.3) is 0 Å². The van der Waals surface area contributed by atoms with Gasteiger partial charge < -0.3 is 10.8 Å². The number of rotatable bonds is 3. The van der Waals surface area contributed by atoms with E-state index in [1.807, 2.05) is 6.92 Å². The van der Waals surface area contributed by atoms with Gasteiger partial charge in [0, 0.05) is 17.9 Å². The van der Waals surface area contributed by atoms with E-state index < -0.39 is 12.0 Å². The lowest BCUT2D eigenvalue weighted by atomic mass is 10.1. The number of hydrogen-bond donors (Lipinski definition) is 2. The minimum Gasteiger partial charge on any atom is -0.481 e. The smallest absolute Gasteiger partial charge is 0.305 e. The van der Waals surface area contributed by atoms with E-state index in [1.54, 1.807) is 18.3 Å². The average Bonchev–Trinajstić information content (AvgIpc) is 2.03. The van der Waals surface area contributed by atoms with Gasteiger partial charge in [0.2, 0.25) is 0 Å². The molecule has 1 rings (SSSR count). The number of nitrogens with two attached hydrogens (primary N) is 1. The van der Waals surface area contributed by atoms with E-state index in [2.05, 4.69) is 4.98 Å². The number of aryl methyl sites for hydroxylation is 1. The van der Waals surface area contributed by atoms with E-state index in [-0.39, 0.29) is 6.42 Å². The predicted molar refractivity (Wildman–Crippen MR) is 48.2 cm³/mol. The Hall–Kier alpha value is -1.42. The monoisotopic (exact) mass is 180 g/mol. The summed E-state index contributed by atoms with van der Waals surface area (Å²) in [7, 11) is 0. The Bertz CT molecular complexity index is 312. The molecule has 3 N–H and O–H groups in total. The molecule has 0 fully saturated rings. The quantitative estimate of drug-likeness (QED) is 0.723. The first kappa shape index (κ1) is 9.67. The summed E-state index contributed by atoms with van der Waals surface area (Å²) in [5, 5.41) is 8.52. The fraction of sp³-hybridized carbons (Fsp3) is 0.333. The third-order valence-corrected chi connectivity index (χ3v) is 1.74. The first-order chi connectivity index (χ1) is 6.09. The van der Waals surface area contributed by atoms with Gasteiger partial charge in [0.15, 0.2) is 0 Å². The van der Waals surface area contributed by atoms with Gasteiger partial charge in [-0.15, -0.1) is 0 Å². The number of carbonyl (C=O) groups is 1. The average molecular weight is 180 g/mol. The van der Waals surface area contributed by atoms with Crippen LogP contribution in [0.1, 0.15) is 23.7 Å². The highest BCUT2D eigenvalue weighted by molar-refractivity contribution is 5.67. The fourth-order valence-corrected chi connectivity index (χ4v) is 1.10. The van der Waals surface area contributed by atoms with E-state index in [9.17, 15) is 4.79 Å². The van der Waals surface area contributed by atoms with Gasteiger partial charge >= 0.3 is 5.97 Å². The second-order valence-electron chi connectivity index (χ2n) is 2.93. The highest BCUT2D eigenvalue weighted by Crippen LogP contribution is 2.13. The molecule has 0 amide bonds. The van der Waals surface area contributed by atoms with Crippen molar-refractivity contribution in [1.82, 2.24) is 4.98 Å². The Morgan fingerprint density at radius 3 is 3.00 bits per heavy atom. The van der Waals surface area contributed by atoms with Crippen molar-refractivity contribution in [2.75, 3.05) is 0 Å². The summed E-state index contributed by atoms with van der Waals surface area (Å²) in [6.07, 6.45) is 1.58. The summed E-state index contributed by atoms with van der Waals surface area (Å²) in [6, 6.07) is 3.09. The van der Waals surface area contributed by atoms with Crippen molar-refractivity contribution in [2.45, 2.75) is 19.4 Å². The van der Waals surface area contributed by atoms with Crippen molar-refractivity contribution in [3.05, 3.63) is 29.6 Å². The van der Waals surface area contributed by atoms with Crippen molar-refractivity contribution >= 4 is 5.97 Å². The molecule has 0 aliphatic rings. The van der Waals surface area contributed by atoms with Crippen LogP contribution in [-0.2, 0) is 4.79 Å². The summed E-state index contributed by atoms with van der Waals surface area (Å²) in [6.45, 7) is 1.84. The van der Waals surface area contributed by atoms with E-state index in [1.165, 1.54) is 0 Å². The highest BCUT2D eigenvalue weighted by atomic mass is 16.4. The van der Waals surface area contributed by atoms with E-state index in [0.29, 0.717) is 0 Å². The molecule has 0 spiro atoms. The Morgan fingerprint density at radius 1 is 1.77 bits per heavy atom. The lowest BCUT2D eigenvalue weighted by molar-refractivity contribution is -0.137. The molecule has 4 heteroatoms. The lowest BCUT2D eigenvalue weighted by Gasteiger charge is -2.08. The van der Waals surface area contributed by atoms with Gasteiger partial charge in [0.1, 0.15) is 0 Å². The molecule has 0 saturated carbocycles. The summed E-state index contributed by atoms with van der Waals surface area (Å²) in [5.41, 5.74) is 7.32. The standard InChI is InChI=1S/C9H12N2O2/c1-6-4-7(2-3-11-6)8(10)5-9(12)13/h2-4,8H,5,10H2,1H3,(H,12,13). The molecule has 0 aliphatic heterocycles. The molecule has 4 nitrogen and oxygen atoms in total. The maximum absolute atomic E-state index is 10.4. The molecule has 0 radical (unpaired) electrons. The zero-order valence-corrected chi connectivity index (χ0v) is 7.40. The minimum atomic E-state index is -0.887. The van der Waals surface area contributed by atoms with Gasteiger partial charge in [-0.2, -0.15) is 0 Å². The summed E-state index contributed by atoms with van der Waals surface area (Å²) in [4.78, 5) is 14.4. The summed E-state index contributed by atoms with van der Waals surface area (Å²) in [5.74, 6) is -0.887. The van der Waals surface area contributed by atoms with Crippen LogP contribution < -0.4 is 5.73 Å². The highest BCUT2D eigenvalue weighted by Gasteiger charge is 2.10. The van der Waals surface area contributed by atoms with Crippen LogP contribution in [0.15, 0.2) is 18.3 Å². The Kier molecular flexibility index (Phi) is 2.97. The van der Waals surface area contributed by atoms with Crippen molar-refractivity contribution in [3.8, 4) is 0 Å². The van der Waals surface area contributed by atoms with Gasteiger partial charge in [-0.05, 0) is 24.6 Å². The molecule has 0 bridgehead atoms. The number of pyridine rings is 1. The van der Waals surface area contributed by atoms with Crippen LogP contribution in [0.2, 0.25) is 0 Å². The van der Waals surface area contributed by atoms with Crippen molar-refractivity contribution in [3.63, 3.8) is 0 Å². The second-order valence-corrected chi connectivity index (χ2v) is 2.93. The topological polar surface area (TPSA) is 76.2 Å². The minimum absolute atomic E-state index is 0.0521. The van der Waals surface area contributed by atoms with Crippen molar-refractivity contribution in [1.29, 1.82) is 0 Å². The van der Waals surface area contributed by atoms with Crippen LogP contribution in [0.4, 0.5) is 0 Å². The third kappa shape index (κ3) is 2.83. The van der Waals surface area contributed by atoms with Crippen molar-refractivity contribution in [2.24, 2.45) is 5.73 Å². The van der Waals surface area contributed by atoms with Crippen LogP contribution in [0, 0.1) is 6.92 Å². The number of nitrogens with zero attached hydrogens (tertiary/aromatic N) is 1. The normalized spacial score (nSPS) is 12.5. The van der Waals surface area contributed by atoms with E-state index in [0.717, 1.165) is 11.3 Å². The Morgan fingerprint density at radius 2 is 2.46 bits per heavy atom. The first-order valence-electron chi connectivity index (χ1n) is 3.99.